The van der Waals surface area contributed by atoms with E-state index in [9.17, 15) is 5.11 Å². The predicted molar refractivity (Wildman–Crippen MR) is 98.6 cm³/mol. The summed E-state index contributed by atoms with van der Waals surface area (Å²) in [5, 5.41) is 15.3. The van der Waals surface area contributed by atoms with Crippen molar-refractivity contribution in [2.45, 2.75) is 0 Å². The van der Waals surface area contributed by atoms with Gasteiger partial charge < -0.3 is 10.4 Å². The molecule has 2 N–H and O–H groups in total. The molecule has 4 aromatic rings. The fourth-order valence-corrected chi connectivity index (χ4v) is 2.82. The van der Waals surface area contributed by atoms with Crippen LogP contribution < -0.4 is 5.32 Å². The van der Waals surface area contributed by atoms with E-state index >= 15 is 0 Å². The molecule has 0 fully saturated rings. The van der Waals surface area contributed by atoms with Crippen LogP contribution in [-0.2, 0) is 0 Å². The number of fused-ring (bicyclic) bond motifs is 1. The normalized spacial score (nSPS) is 10.7. The second-order valence-electron chi connectivity index (χ2n) is 5.64. The molecule has 116 valence electrons. The van der Waals surface area contributed by atoms with Crippen molar-refractivity contribution in [2.75, 3.05) is 5.32 Å². The van der Waals surface area contributed by atoms with Crippen LogP contribution >= 0.6 is 0 Å². The van der Waals surface area contributed by atoms with Gasteiger partial charge in [0.05, 0.1) is 0 Å². The van der Waals surface area contributed by atoms with Crippen LogP contribution in [0.2, 0.25) is 0 Å². The van der Waals surface area contributed by atoms with Crippen molar-refractivity contribution in [3.05, 3.63) is 85.1 Å². The molecule has 0 amide bonds. The number of phenolic OH excluding ortho intramolecular Hbond substituents is 1. The van der Waals surface area contributed by atoms with Crippen molar-refractivity contribution in [2.24, 2.45) is 0 Å². The van der Waals surface area contributed by atoms with Crippen molar-refractivity contribution >= 4 is 22.3 Å². The Kier molecular flexibility index (Phi) is 3.60. The molecular weight excluding hydrogens is 296 g/mol. The summed E-state index contributed by atoms with van der Waals surface area (Å²) in [4.78, 5) is 4.47. The average molecular weight is 312 g/mol. The molecule has 3 heteroatoms. The lowest BCUT2D eigenvalue weighted by atomic mass is 10.0. The fourth-order valence-electron chi connectivity index (χ4n) is 2.82. The zero-order valence-electron chi connectivity index (χ0n) is 13.0. The summed E-state index contributed by atoms with van der Waals surface area (Å²) in [5.41, 5.74) is 2.97. The number of nitrogens with one attached hydrogen (secondary N) is 1. The second kappa shape index (κ2) is 6.05. The molecule has 0 unspecified atom stereocenters. The van der Waals surface area contributed by atoms with E-state index in [2.05, 4.69) is 28.5 Å². The van der Waals surface area contributed by atoms with E-state index in [1.54, 1.807) is 12.1 Å². The third-order valence-corrected chi connectivity index (χ3v) is 3.98. The third kappa shape index (κ3) is 2.79. The Morgan fingerprint density at radius 3 is 2.42 bits per heavy atom. The Bertz CT molecular complexity index is 1010. The van der Waals surface area contributed by atoms with Crippen LogP contribution in [0.15, 0.2) is 85.1 Å². The number of aromatic nitrogens is 1. The number of nitrogens with zero attached hydrogens (tertiary/aromatic N) is 1. The summed E-state index contributed by atoms with van der Waals surface area (Å²) in [7, 11) is 0. The van der Waals surface area contributed by atoms with E-state index in [-0.39, 0.29) is 5.75 Å². The molecule has 0 aliphatic carbocycles. The van der Waals surface area contributed by atoms with Crippen molar-refractivity contribution in [3.8, 4) is 16.9 Å². The fraction of sp³-hybridized carbons (Fsp3) is 0. The number of phenols is 1. The Labute approximate surface area is 140 Å². The minimum atomic E-state index is 0.265. The Morgan fingerprint density at radius 2 is 1.54 bits per heavy atom. The van der Waals surface area contributed by atoms with Crippen LogP contribution in [-0.4, -0.2) is 10.1 Å². The van der Waals surface area contributed by atoms with Gasteiger partial charge in [-0.1, -0.05) is 48.5 Å². The number of benzene rings is 3. The minimum absolute atomic E-state index is 0.265. The lowest BCUT2D eigenvalue weighted by molar-refractivity contribution is 0.475. The van der Waals surface area contributed by atoms with E-state index in [4.69, 9.17) is 0 Å². The molecule has 3 aromatic carbocycles. The highest BCUT2D eigenvalue weighted by Crippen LogP contribution is 2.28. The highest BCUT2D eigenvalue weighted by molar-refractivity contribution is 5.93. The van der Waals surface area contributed by atoms with E-state index in [0.717, 1.165) is 33.4 Å². The van der Waals surface area contributed by atoms with Crippen LogP contribution in [0.1, 0.15) is 0 Å². The maximum atomic E-state index is 9.67. The van der Waals surface area contributed by atoms with Crippen LogP contribution in [0.5, 0.6) is 5.75 Å². The SMILES string of the molecule is Oc1cccc(-c2cccc(Nc3nccc4ccccc34)c2)c1. The van der Waals surface area contributed by atoms with Crippen molar-refractivity contribution < 1.29 is 5.11 Å². The Hall–Kier alpha value is -3.33. The Balaban J connectivity index is 1.71. The van der Waals surface area contributed by atoms with Gasteiger partial charge in [0.25, 0.3) is 0 Å². The van der Waals surface area contributed by atoms with Gasteiger partial charge in [0.15, 0.2) is 0 Å². The van der Waals surface area contributed by atoms with Gasteiger partial charge >= 0.3 is 0 Å². The smallest absolute Gasteiger partial charge is 0.138 e. The molecule has 0 saturated carbocycles. The first-order chi connectivity index (χ1) is 11.8. The molecule has 4 rings (SSSR count). The maximum absolute atomic E-state index is 9.67. The summed E-state index contributed by atoms with van der Waals surface area (Å²) in [5.74, 6) is 1.10. The standard InChI is InChI=1S/C21H16N2O/c24-19-9-4-7-17(14-19)16-6-3-8-18(13-16)23-21-20-10-2-1-5-15(20)11-12-22-21/h1-14,24H,(H,22,23). The van der Waals surface area contributed by atoms with Gasteiger partial charge in [-0.05, 0) is 46.8 Å². The van der Waals surface area contributed by atoms with Crippen molar-refractivity contribution in [1.29, 1.82) is 0 Å². The number of aromatic hydroxyl groups is 1. The van der Waals surface area contributed by atoms with Gasteiger partial charge in [-0.15, -0.1) is 0 Å². The van der Waals surface area contributed by atoms with Gasteiger partial charge in [0, 0.05) is 17.3 Å². The first kappa shape index (κ1) is 14.3. The summed E-state index contributed by atoms with van der Waals surface area (Å²) < 4.78 is 0. The Morgan fingerprint density at radius 1 is 0.750 bits per heavy atom. The summed E-state index contributed by atoms with van der Waals surface area (Å²) in [6.45, 7) is 0. The van der Waals surface area contributed by atoms with E-state index < -0.39 is 0 Å². The van der Waals surface area contributed by atoms with Gasteiger partial charge in [-0.2, -0.15) is 0 Å². The van der Waals surface area contributed by atoms with Gasteiger partial charge in [0.1, 0.15) is 11.6 Å². The van der Waals surface area contributed by atoms with Gasteiger partial charge in [0.2, 0.25) is 0 Å². The van der Waals surface area contributed by atoms with E-state index in [1.807, 2.05) is 54.7 Å². The molecule has 0 saturated heterocycles. The number of hydrogen-bond donors (Lipinski definition) is 2. The maximum Gasteiger partial charge on any atom is 0.138 e. The van der Waals surface area contributed by atoms with Crippen LogP contribution in [0.25, 0.3) is 21.9 Å². The first-order valence-corrected chi connectivity index (χ1v) is 7.80. The van der Waals surface area contributed by atoms with Gasteiger partial charge in [-0.3, -0.25) is 0 Å². The highest BCUT2D eigenvalue weighted by atomic mass is 16.3. The number of pyridine rings is 1. The number of rotatable bonds is 3. The van der Waals surface area contributed by atoms with Crippen molar-refractivity contribution in [3.63, 3.8) is 0 Å². The molecule has 0 radical (unpaired) electrons. The monoisotopic (exact) mass is 312 g/mol. The molecule has 0 aliphatic rings. The average Bonchev–Trinajstić information content (AvgIpc) is 2.62. The molecule has 0 atom stereocenters. The predicted octanol–water partition coefficient (Wildman–Crippen LogP) is 5.35. The molecule has 0 bridgehead atoms. The highest BCUT2D eigenvalue weighted by Gasteiger charge is 2.04. The molecule has 1 heterocycles. The second-order valence-corrected chi connectivity index (χ2v) is 5.64. The zero-order valence-corrected chi connectivity index (χ0v) is 13.0. The molecule has 1 aromatic heterocycles. The van der Waals surface area contributed by atoms with Crippen LogP contribution in [0, 0.1) is 0 Å². The number of hydrogen-bond acceptors (Lipinski definition) is 3. The largest absolute Gasteiger partial charge is 0.508 e. The van der Waals surface area contributed by atoms with Crippen LogP contribution in [0.3, 0.4) is 0 Å². The third-order valence-electron chi connectivity index (χ3n) is 3.98. The summed E-state index contributed by atoms with van der Waals surface area (Å²) in [6.07, 6.45) is 1.81. The molecular formula is C21H16N2O. The molecule has 0 spiro atoms. The molecule has 0 aliphatic heterocycles. The lowest BCUT2D eigenvalue weighted by Crippen LogP contribution is -1.94. The lowest BCUT2D eigenvalue weighted by Gasteiger charge is -2.10. The van der Waals surface area contributed by atoms with E-state index in [0.29, 0.717) is 0 Å². The molecule has 3 nitrogen and oxygen atoms in total. The quantitative estimate of drug-likeness (QED) is 0.536. The zero-order chi connectivity index (χ0) is 16.4. The topological polar surface area (TPSA) is 45.1 Å². The summed E-state index contributed by atoms with van der Waals surface area (Å²) in [6, 6.07) is 25.5. The van der Waals surface area contributed by atoms with Crippen LogP contribution in [0.4, 0.5) is 11.5 Å². The first-order valence-electron chi connectivity index (χ1n) is 7.80. The molecule has 24 heavy (non-hydrogen) atoms. The minimum Gasteiger partial charge on any atom is -0.508 e. The number of anilines is 2. The van der Waals surface area contributed by atoms with E-state index in [1.165, 1.54) is 0 Å². The van der Waals surface area contributed by atoms with Crippen molar-refractivity contribution in [1.82, 2.24) is 4.98 Å². The summed E-state index contributed by atoms with van der Waals surface area (Å²) >= 11 is 0. The van der Waals surface area contributed by atoms with Gasteiger partial charge in [-0.25, -0.2) is 4.98 Å².